The van der Waals surface area contributed by atoms with Crippen LogP contribution in [0.25, 0.3) is 0 Å². The van der Waals surface area contributed by atoms with Crippen molar-refractivity contribution in [1.29, 1.82) is 0 Å². The second-order valence-electron chi connectivity index (χ2n) is 3.72. The second-order valence-corrected chi connectivity index (χ2v) is 3.72. The van der Waals surface area contributed by atoms with Gasteiger partial charge in [0.05, 0.1) is 24.4 Å². The highest BCUT2D eigenvalue weighted by Gasteiger charge is 2.15. The number of nitrogens with one attached hydrogen (secondary N) is 1. The van der Waals surface area contributed by atoms with Crippen molar-refractivity contribution in [2.24, 2.45) is 5.73 Å². The number of carboxylic acid groups (broad SMARTS) is 1. The Morgan fingerprint density at radius 2 is 2.17 bits per heavy atom. The second kappa shape index (κ2) is 6.02. The minimum absolute atomic E-state index is 0.0659. The van der Waals surface area contributed by atoms with Gasteiger partial charge in [-0.25, -0.2) is 4.79 Å². The molecule has 0 unspecified atom stereocenters. The number of anilines is 1. The van der Waals surface area contributed by atoms with E-state index in [0.29, 0.717) is 17.9 Å². The largest absolute Gasteiger partial charge is 0.495 e. The third-order valence-electron chi connectivity index (χ3n) is 2.48. The Hall–Kier alpha value is -2.08. The molecule has 0 saturated carbocycles. The van der Waals surface area contributed by atoms with Gasteiger partial charge in [-0.3, -0.25) is 4.79 Å². The van der Waals surface area contributed by atoms with Crippen molar-refractivity contribution in [2.45, 2.75) is 19.4 Å². The topological polar surface area (TPSA) is 102 Å². The first-order valence-corrected chi connectivity index (χ1v) is 5.47. The molecular formula is C12H16N2O4. The molecule has 1 atom stereocenters. The maximum absolute atomic E-state index is 11.7. The van der Waals surface area contributed by atoms with Crippen molar-refractivity contribution in [3.8, 4) is 5.75 Å². The summed E-state index contributed by atoms with van der Waals surface area (Å²) < 4.78 is 5.05. The predicted octanol–water partition coefficient (Wildman–Crippen LogP) is 1.07. The summed E-state index contributed by atoms with van der Waals surface area (Å²) in [6.07, 6.45) is 0.493. The highest BCUT2D eigenvalue weighted by molar-refractivity contribution is 5.97. The minimum atomic E-state index is -1.08. The molecule has 1 rings (SSSR count). The number of benzene rings is 1. The van der Waals surface area contributed by atoms with Gasteiger partial charge in [0.25, 0.3) is 0 Å². The summed E-state index contributed by atoms with van der Waals surface area (Å²) in [6.45, 7) is 1.79. The van der Waals surface area contributed by atoms with Crippen LogP contribution in [-0.4, -0.2) is 30.1 Å². The lowest BCUT2D eigenvalue weighted by Crippen LogP contribution is -2.34. The number of hydrogen-bond acceptors (Lipinski definition) is 4. The van der Waals surface area contributed by atoms with E-state index in [0.717, 1.165) is 0 Å². The van der Waals surface area contributed by atoms with E-state index < -0.39 is 12.0 Å². The average Bonchev–Trinajstić information content (AvgIpc) is 2.37. The van der Waals surface area contributed by atoms with Gasteiger partial charge in [0.1, 0.15) is 5.75 Å². The predicted molar refractivity (Wildman–Crippen MR) is 66.8 cm³/mol. The third kappa shape index (κ3) is 3.21. The standard InChI is InChI=1S/C12H16N2O4/c1-3-8(13)11(15)14-9-6-7(12(16)17)4-5-10(9)18-2/h4-6,8H,3,13H2,1-2H3,(H,14,15)(H,16,17)/t8-/m1/s1. The van der Waals surface area contributed by atoms with Crippen LogP contribution in [0.4, 0.5) is 5.69 Å². The first kappa shape index (κ1) is 14.0. The highest BCUT2D eigenvalue weighted by atomic mass is 16.5. The Labute approximate surface area is 105 Å². The van der Waals surface area contributed by atoms with E-state index in [9.17, 15) is 9.59 Å². The normalized spacial score (nSPS) is 11.7. The highest BCUT2D eigenvalue weighted by Crippen LogP contribution is 2.25. The average molecular weight is 252 g/mol. The molecule has 0 heterocycles. The number of carbonyl (C=O) groups excluding carboxylic acids is 1. The molecule has 0 spiro atoms. The maximum Gasteiger partial charge on any atom is 0.335 e. The van der Waals surface area contributed by atoms with E-state index >= 15 is 0 Å². The van der Waals surface area contributed by atoms with E-state index in [-0.39, 0.29) is 11.5 Å². The SMILES string of the molecule is CC[C@@H](N)C(=O)Nc1cc(C(=O)O)ccc1OC. The molecule has 98 valence electrons. The molecule has 0 bridgehead atoms. The summed E-state index contributed by atoms with van der Waals surface area (Å²) in [5.74, 6) is -1.07. The molecule has 6 nitrogen and oxygen atoms in total. The van der Waals surface area contributed by atoms with Crippen molar-refractivity contribution in [3.05, 3.63) is 23.8 Å². The van der Waals surface area contributed by atoms with E-state index in [1.165, 1.54) is 25.3 Å². The third-order valence-corrected chi connectivity index (χ3v) is 2.48. The zero-order valence-electron chi connectivity index (χ0n) is 10.3. The fourth-order valence-electron chi connectivity index (χ4n) is 1.35. The number of carboxylic acids is 1. The number of rotatable bonds is 5. The van der Waals surface area contributed by atoms with Crippen LogP contribution in [0.2, 0.25) is 0 Å². The smallest absolute Gasteiger partial charge is 0.335 e. The Balaban J connectivity index is 3.01. The molecule has 0 saturated heterocycles. The molecule has 0 aromatic heterocycles. The van der Waals surface area contributed by atoms with Crippen LogP contribution in [0.5, 0.6) is 5.75 Å². The number of carbonyl (C=O) groups is 2. The fourth-order valence-corrected chi connectivity index (χ4v) is 1.35. The lowest BCUT2D eigenvalue weighted by Gasteiger charge is -2.13. The van der Waals surface area contributed by atoms with Crippen LogP contribution in [-0.2, 0) is 4.79 Å². The quantitative estimate of drug-likeness (QED) is 0.727. The van der Waals surface area contributed by atoms with E-state index in [4.69, 9.17) is 15.6 Å². The van der Waals surface area contributed by atoms with Crippen LogP contribution < -0.4 is 15.8 Å². The molecule has 1 aromatic carbocycles. The van der Waals surface area contributed by atoms with E-state index in [2.05, 4.69) is 5.32 Å². The Morgan fingerprint density at radius 3 is 2.67 bits per heavy atom. The summed E-state index contributed by atoms with van der Waals surface area (Å²) >= 11 is 0. The van der Waals surface area contributed by atoms with Gasteiger partial charge in [-0.1, -0.05) is 6.92 Å². The number of methoxy groups -OCH3 is 1. The molecule has 0 aliphatic carbocycles. The molecule has 18 heavy (non-hydrogen) atoms. The zero-order chi connectivity index (χ0) is 13.7. The van der Waals surface area contributed by atoms with Crippen molar-refractivity contribution in [3.63, 3.8) is 0 Å². The molecule has 1 aromatic rings. The van der Waals surface area contributed by atoms with Crippen LogP contribution in [0.1, 0.15) is 23.7 Å². The maximum atomic E-state index is 11.7. The molecule has 0 radical (unpaired) electrons. The zero-order valence-corrected chi connectivity index (χ0v) is 10.3. The molecule has 6 heteroatoms. The number of hydrogen-bond donors (Lipinski definition) is 3. The van der Waals surface area contributed by atoms with E-state index in [1.54, 1.807) is 6.92 Å². The monoisotopic (exact) mass is 252 g/mol. The number of aromatic carboxylic acids is 1. The van der Waals surface area contributed by atoms with Crippen molar-refractivity contribution in [1.82, 2.24) is 0 Å². The van der Waals surface area contributed by atoms with Gasteiger partial charge in [-0.15, -0.1) is 0 Å². The van der Waals surface area contributed by atoms with Gasteiger partial charge in [0, 0.05) is 0 Å². The lowest BCUT2D eigenvalue weighted by molar-refractivity contribution is -0.117. The summed E-state index contributed by atoms with van der Waals surface area (Å²) in [5, 5.41) is 11.4. The van der Waals surface area contributed by atoms with Crippen molar-refractivity contribution < 1.29 is 19.4 Å². The van der Waals surface area contributed by atoms with Gasteiger partial charge < -0.3 is 20.9 Å². The van der Waals surface area contributed by atoms with Gasteiger partial charge in [-0.05, 0) is 24.6 Å². The first-order valence-electron chi connectivity index (χ1n) is 5.47. The Morgan fingerprint density at radius 1 is 1.50 bits per heavy atom. The summed E-state index contributed by atoms with van der Waals surface area (Å²) in [4.78, 5) is 22.5. The van der Waals surface area contributed by atoms with Gasteiger partial charge in [0.2, 0.25) is 5.91 Å². The Kier molecular flexibility index (Phi) is 4.67. The van der Waals surface area contributed by atoms with E-state index in [1.807, 2.05) is 0 Å². The first-order chi connectivity index (χ1) is 8.49. The number of amides is 1. The van der Waals surface area contributed by atoms with Crippen LogP contribution in [0, 0.1) is 0 Å². The molecule has 4 N–H and O–H groups in total. The Bertz CT molecular complexity index is 459. The molecular weight excluding hydrogens is 236 g/mol. The van der Waals surface area contributed by atoms with Crippen molar-refractivity contribution >= 4 is 17.6 Å². The van der Waals surface area contributed by atoms with Crippen LogP contribution >= 0.6 is 0 Å². The molecule has 0 aliphatic heterocycles. The summed E-state index contributed by atoms with van der Waals surface area (Å²) in [5.41, 5.74) is 5.95. The number of ether oxygens (including phenoxy) is 1. The molecule has 0 fully saturated rings. The molecule has 1 amide bonds. The fraction of sp³-hybridized carbons (Fsp3) is 0.333. The van der Waals surface area contributed by atoms with Gasteiger partial charge in [-0.2, -0.15) is 0 Å². The minimum Gasteiger partial charge on any atom is -0.495 e. The summed E-state index contributed by atoms with van der Waals surface area (Å²) in [6, 6.07) is 3.58. The van der Waals surface area contributed by atoms with Crippen LogP contribution in [0.15, 0.2) is 18.2 Å². The van der Waals surface area contributed by atoms with Gasteiger partial charge >= 0.3 is 5.97 Å². The number of nitrogens with two attached hydrogens (primary N) is 1. The van der Waals surface area contributed by atoms with Crippen molar-refractivity contribution in [2.75, 3.05) is 12.4 Å². The lowest BCUT2D eigenvalue weighted by atomic mass is 10.1. The van der Waals surface area contributed by atoms with Crippen LogP contribution in [0.3, 0.4) is 0 Å². The van der Waals surface area contributed by atoms with Gasteiger partial charge in [0.15, 0.2) is 0 Å². The molecule has 0 aliphatic rings. The summed E-state index contributed by atoms with van der Waals surface area (Å²) in [7, 11) is 1.44.